The summed E-state index contributed by atoms with van der Waals surface area (Å²) in [4.78, 5) is 0. The van der Waals surface area contributed by atoms with Gasteiger partial charge in [0.15, 0.2) is 0 Å². The smallest absolute Gasteiger partial charge is 0.134 e. The van der Waals surface area contributed by atoms with Crippen molar-refractivity contribution >= 4 is 11.0 Å². The van der Waals surface area contributed by atoms with Gasteiger partial charge in [-0.3, -0.25) is 0 Å². The molecular weight excluding hydrogens is 222 g/mol. The monoisotopic (exact) mass is 245 g/mol. The van der Waals surface area contributed by atoms with Crippen molar-refractivity contribution in [3.05, 3.63) is 35.6 Å². The highest BCUT2D eigenvalue weighted by Crippen LogP contribution is 2.30. The lowest BCUT2D eigenvalue weighted by atomic mass is 9.97. The number of fused-ring (bicyclic) bond motifs is 1. The second kappa shape index (κ2) is 5.57. The molecule has 18 heavy (non-hydrogen) atoms. The quantitative estimate of drug-likeness (QED) is 0.842. The van der Waals surface area contributed by atoms with Crippen molar-refractivity contribution in [1.82, 2.24) is 5.32 Å². The van der Waals surface area contributed by atoms with E-state index in [1.165, 1.54) is 10.9 Å². The second-order valence-electron chi connectivity index (χ2n) is 5.11. The molecule has 2 aromatic rings. The van der Waals surface area contributed by atoms with E-state index >= 15 is 0 Å². The van der Waals surface area contributed by atoms with Crippen molar-refractivity contribution in [3.8, 4) is 0 Å². The van der Waals surface area contributed by atoms with E-state index in [0.717, 1.165) is 24.3 Å². The second-order valence-corrected chi connectivity index (χ2v) is 5.11. The molecule has 2 atom stereocenters. The summed E-state index contributed by atoms with van der Waals surface area (Å²) in [5.74, 6) is 1.64. The van der Waals surface area contributed by atoms with Gasteiger partial charge in [-0.25, -0.2) is 0 Å². The predicted octanol–water partition coefficient (Wildman–Crippen LogP) is 4.44. The number of hydrogen-bond acceptors (Lipinski definition) is 2. The van der Waals surface area contributed by atoms with Crippen molar-refractivity contribution in [3.63, 3.8) is 0 Å². The molecule has 0 saturated heterocycles. The summed E-state index contributed by atoms with van der Waals surface area (Å²) in [6, 6.07) is 8.84. The third-order valence-electron chi connectivity index (χ3n) is 3.63. The number of nitrogens with one attached hydrogen (secondary N) is 1. The summed E-state index contributed by atoms with van der Waals surface area (Å²) in [7, 11) is 0. The van der Waals surface area contributed by atoms with Crippen molar-refractivity contribution < 1.29 is 4.42 Å². The van der Waals surface area contributed by atoms with Gasteiger partial charge >= 0.3 is 0 Å². The Morgan fingerprint density at radius 2 is 2.00 bits per heavy atom. The molecule has 1 aromatic heterocycles. The molecule has 0 spiro atoms. The van der Waals surface area contributed by atoms with E-state index in [1.54, 1.807) is 0 Å². The van der Waals surface area contributed by atoms with E-state index in [9.17, 15) is 0 Å². The van der Waals surface area contributed by atoms with Crippen LogP contribution in [0.25, 0.3) is 11.0 Å². The van der Waals surface area contributed by atoms with Gasteiger partial charge in [-0.2, -0.15) is 0 Å². The molecule has 0 radical (unpaired) electrons. The van der Waals surface area contributed by atoms with Crippen molar-refractivity contribution in [2.75, 3.05) is 6.54 Å². The lowest BCUT2D eigenvalue weighted by molar-refractivity contribution is 0.331. The van der Waals surface area contributed by atoms with Crippen molar-refractivity contribution in [2.24, 2.45) is 5.92 Å². The highest BCUT2D eigenvalue weighted by molar-refractivity contribution is 5.78. The van der Waals surface area contributed by atoms with Crippen LogP contribution in [0.4, 0.5) is 0 Å². The minimum Gasteiger partial charge on any atom is -0.459 e. The predicted molar refractivity (Wildman–Crippen MR) is 76.8 cm³/mol. The fraction of sp³-hybridized carbons (Fsp3) is 0.500. The Bertz CT molecular complexity index is 515. The molecule has 0 saturated carbocycles. The number of furan rings is 1. The molecule has 1 aromatic carbocycles. The summed E-state index contributed by atoms with van der Waals surface area (Å²) in [5, 5.41) is 4.74. The van der Waals surface area contributed by atoms with Crippen LogP contribution in [0.2, 0.25) is 0 Å². The van der Waals surface area contributed by atoms with Gasteiger partial charge in [0.05, 0.1) is 6.04 Å². The summed E-state index contributed by atoms with van der Waals surface area (Å²) in [5.41, 5.74) is 2.26. The number of hydrogen-bond donors (Lipinski definition) is 1. The van der Waals surface area contributed by atoms with Gasteiger partial charge in [-0.15, -0.1) is 0 Å². The molecule has 0 aliphatic rings. The first-order chi connectivity index (χ1) is 8.65. The van der Waals surface area contributed by atoms with Crippen LogP contribution >= 0.6 is 0 Å². The fourth-order valence-corrected chi connectivity index (χ4v) is 2.37. The fourth-order valence-electron chi connectivity index (χ4n) is 2.37. The third-order valence-corrected chi connectivity index (χ3v) is 3.63. The zero-order chi connectivity index (χ0) is 13.1. The maximum Gasteiger partial charge on any atom is 0.134 e. The summed E-state index contributed by atoms with van der Waals surface area (Å²) < 4.78 is 6.00. The number of rotatable bonds is 5. The first-order valence-electron chi connectivity index (χ1n) is 6.89. The average molecular weight is 245 g/mol. The molecule has 0 aliphatic carbocycles. The topological polar surface area (TPSA) is 25.2 Å². The van der Waals surface area contributed by atoms with Gasteiger partial charge in [-0.05, 0) is 37.6 Å². The summed E-state index contributed by atoms with van der Waals surface area (Å²) in [6.07, 6.45) is 1.15. The van der Waals surface area contributed by atoms with Gasteiger partial charge < -0.3 is 9.73 Å². The zero-order valence-electron chi connectivity index (χ0n) is 11.8. The van der Waals surface area contributed by atoms with Crippen molar-refractivity contribution in [1.29, 1.82) is 0 Å². The molecule has 0 fully saturated rings. The Hall–Kier alpha value is -1.28. The van der Waals surface area contributed by atoms with E-state index in [1.807, 2.05) is 0 Å². The highest BCUT2D eigenvalue weighted by Gasteiger charge is 2.20. The Kier molecular flexibility index (Phi) is 4.07. The molecule has 1 N–H and O–H groups in total. The normalized spacial score (nSPS) is 14.9. The number of benzene rings is 1. The minimum absolute atomic E-state index is 0.313. The molecule has 0 bridgehead atoms. The molecule has 2 rings (SSSR count). The average Bonchev–Trinajstić information content (AvgIpc) is 2.77. The first kappa shape index (κ1) is 13.2. The van der Waals surface area contributed by atoms with E-state index in [4.69, 9.17) is 4.42 Å². The van der Waals surface area contributed by atoms with Crippen LogP contribution in [0.15, 0.2) is 28.7 Å². The SMILES string of the molecule is CCNC(c1cc2cc(C)ccc2o1)C(C)CC. The molecule has 0 amide bonds. The van der Waals surface area contributed by atoms with Gasteiger partial charge in [0, 0.05) is 5.39 Å². The maximum absolute atomic E-state index is 6.00. The maximum atomic E-state index is 6.00. The van der Waals surface area contributed by atoms with E-state index in [0.29, 0.717) is 12.0 Å². The Labute approximate surface area is 109 Å². The zero-order valence-corrected chi connectivity index (χ0v) is 11.8. The van der Waals surface area contributed by atoms with E-state index < -0.39 is 0 Å². The Morgan fingerprint density at radius 1 is 1.22 bits per heavy atom. The third kappa shape index (κ3) is 2.59. The van der Waals surface area contributed by atoms with Gasteiger partial charge in [0.25, 0.3) is 0 Å². The highest BCUT2D eigenvalue weighted by atomic mass is 16.3. The van der Waals surface area contributed by atoms with E-state index in [2.05, 4.69) is 57.3 Å². The molecule has 1 heterocycles. The molecule has 98 valence electrons. The van der Waals surface area contributed by atoms with Crippen LogP contribution in [0, 0.1) is 12.8 Å². The van der Waals surface area contributed by atoms with Gasteiger partial charge in [-0.1, -0.05) is 38.8 Å². The lowest BCUT2D eigenvalue weighted by Gasteiger charge is -2.21. The number of aryl methyl sites for hydroxylation is 1. The van der Waals surface area contributed by atoms with E-state index in [-0.39, 0.29) is 0 Å². The summed E-state index contributed by atoms with van der Waals surface area (Å²) in [6.45, 7) is 9.71. The van der Waals surface area contributed by atoms with Crippen LogP contribution < -0.4 is 5.32 Å². The lowest BCUT2D eigenvalue weighted by Crippen LogP contribution is -2.26. The van der Waals surface area contributed by atoms with Gasteiger partial charge in [0.1, 0.15) is 11.3 Å². The molecule has 2 nitrogen and oxygen atoms in total. The summed E-state index contributed by atoms with van der Waals surface area (Å²) >= 11 is 0. The van der Waals surface area contributed by atoms with Crippen LogP contribution in [0.5, 0.6) is 0 Å². The van der Waals surface area contributed by atoms with Crippen LogP contribution in [-0.2, 0) is 0 Å². The van der Waals surface area contributed by atoms with Crippen LogP contribution in [-0.4, -0.2) is 6.54 Å². The first-order valence-corrected chi connectivity index (χ1v) is 6.89. The van der Waals surface area contributed by atoms with Crippen LogP contribution in [0.1, 0.15) is 44.6 Å². The standard InChI is InChI=1S/C16H23NO/c1-5-12(4)16(17-6-2)15-10-13-9-11(3)7-8-14(13)18-15/h7-10,12,16-17H,5-6H2,1-4H3. The largest absolute Gasteiger partial charge is 0.459 e. The minimum atomic E-state index is 0.313. The van der Waals surface area contributed by atoms with Gasteiger partial charge in [0.2, 0.25) is 0 Å². The van der Waals surface area contributed by atoms with Crippen molar-refractivity contribution in [2.45, 2.75) is 40.2 Å². The Balaban J connectivity index is 2.38. The Morgan fingerprint density at radius 3 is 2.67 bits per heavy atom. The van der Waals surface area contributed by atoms with Crippen LogP contribution in [0.3, 0.4) is 0 Å². The molecule has 0 aliphatic heterocycles. The molecule has 2 unspecified atom stereocenters. The molecular formula is C16H23NO. The molecule has 2 heteroatoms.